The topological polar surface area (TPSA) is 12.0 Å². The average molecular weight is 231 g/mol. The fraction of sp³-hybridized carbons (Fsp3) is 0.625. The maximum atomic E-state index is 3.73. The predicted octanol–water partition coefficient (Wildman–Crippen LogP) is 3.99. The Morgan fingerprint density at radius 1 is 1.18 bits per heavy atom. The zero-order chi connectivity index (χ0) is 12.1. The summed E-state index contributed by atoms with van der Waals surface area (Å²) in [6, 6.07) is 11.4. The van der Waals surface area contributed by atoms with Crippen molar-refractivity contribution in [2.75, 3.05) is 0 Å². The van der Waals surface area contributed by atoms with E-state index in [1.54, 1.807) is 0 Å². The van der Waals surface area contributed by atoms with Crippen molar-refractivity contribution in [2.45, 2.75) is 52.1 Å². The molecule has 0 aromatic heterocycles. The molecule has 1 saturated carbocycles. The highest BCUT2D eigenvalue weighted by Gasteiger charge is 2.25. The summed E-state index contributed by atoms with van der Waals surface area (Å²) in [5, 5.41) is 3.73. The molecule has 2 rings (SSSR count). The van der Waals surface area contributed by atoms with Crippen molar-refractivity contribution in [3.63, 3.8) is 0 Å². The van der Waals surface area contributed by atoms with E-state index in [9.17, 15) is 0 Å². The van der Waals surface area contributed by atoms with Crippen LogP contribution in [0.4, 0.5) is 0 Å². The van der Waals surface area contributed by atoms with Crippen LogP contribution < -0.4 is 5.32 Å². The maximum absolute atomic E-state index is 3.73. The molecular weight excluding hydrogens is 206 g/mol. The average Bonchev–Trinajstić information content (AvgIpc) is 2.38. The largest absolute Gasteiger partial charge is 0.310 e. The van der Waals surface area contributed by atoms with Gasteiger partial charge in [0, 0.05) is 12.6 Å². The van der Waals surface area contributed by atoms with Gasteiger partial charge in [-0.05, 0) is 36.7 Å². The molecule has 17 heavy (non-hydrogen) atoms. The lowest BCUT2D eigenvalue weighted by Gasteiger charge is -2.34. The molecule has 1 heteroatoms. The molecule has 94 valence electrons. The lowest BCUT2D eigenvalue weighted by molar-refractivity contribution is 0.212. The second kappa shape index (κ2) is 6.20. The minimum absolute atomic E-state index is 0.720. The minimum Gasteiger partial charge on any atom is -0.310 e. The number of hydrogen-bond donors (Lipinski definition) is 1. The van der Waals surface area contributed by atoms with Gasteiger partial charge in [0.1, 0.15) is 0 Å². The van der Waals surface area contributed by atoms with Gasteiger partial charge in [-0.3, -0.25) is 0 Å². The van der Waals surface area contributed by atoms with Crippen molar-refractivity contribution >= 4 is 0 Å². The van der Waals surface area contributed by atoms with Crippen LogP contribution in [0.2, 0.25) is 0 Å². The molecule has 0 bridgehead atoms. The summed E-state index contributed by atoms with van der Waals surface area (Å²) in [6.07, 6.45) is 5.53. The fourth-order valence-corrected chi connectivity index (χ4v) is 3.03. The molecule has 3 unspecified atom stereocenters. The van der Waals surface area contributed by atoms with Gasteiger partial charge >= 0.3 is 0 Å². The third-order valence-corrected chi connectivity index (χ3v) is 4.27. The Bertz CT molecular complexity index is 320. The fourth-order valence-electron chi connectivity index (χ4n) is 3.03. The van der Waals surface area contributed by atoms with Gasteiger partial charge in [-0.15, -0.1) is 0 Å². The highest BCUT2D eigenvalue weighted by atomic mass is 14.9. The molecule has 1 N–H and O–H groups in total. The van der Waals surface area contributed by atoms with Gasteiger partial charge in [-0.25, -0.2) is 0 Å². The van der Waals surface area contributed by atoms with E-state index in [1.807, 2.05) is 0 Å². The van der Waals surface area contributed by atoms with Crippen molar-refractivity contribution in [3.8, 4) is 0 Å². The number of hydrogen-bond acceptors (Lipinski definition) is 1. The van der Waals surface area contributed by atoms with Crippen LogP contribution in [0, 0.1) is 11.8 Å². The minimum atomic E-state index is 0.720. The first-order valence-electron chi connectivity index (χ1n) is 7.07. The molecule has 1 aromatic rings. The van der Waals surface area contributed by atoms with Crippen LogP contribution in [-0.2, 0) is 6.54 Å². The first kappa shape index (κ1) is 12.6. The summed E-state index contributed by atoms with van der Waals surface area (Å²) in [4.78, 5) is 0. The molecule has 1 aromatic carbocycles. The Labute approximate surface area is 106 Å². The van der Waals surface area contributed by atoms with Gasteiger partial charge in [-0.1, -0.05) is 50.6 Å². The van der Waals surface area contributed by atoms with Crippen molar-refractivity contribution in [2.24, 2.45) is 11.8 Å². The number of rotatable bonds is 4. The van der Waals surface area contributed by atoms with E-state index in [-0.39, 0.29) is 0 Å². The van der Waals surface area contributed by atoms with E-state index in [2.05, 4.69) is 49.5 Å². The van der Waals surface area contributed by atoms with Crippen LogP contribution in [0.5, 0.6) is 0 Å². The molecule has 1 aliphatic carbocycles. The Balaban J connectivity index is 1.80. The van der Waals surface area contributed by atoms with Crippen molar-refractivity contribution in [1.82, 2.24) is 5.32 Å². The molecule has 0 heterocycles. The van der Waals surface area contributed by atoms with Crippen LogP contribution in [0.1, 0.15) is 45.1 Å². The van der Waals surface area contributed by atoms with Crippen LogP contribution in [0.3, 0.4) is 0 Å². The second-order valence-corrected chi connectivity index (χ2v) is 5.54. The van der Waals surface area contributed by atoms with Crippen molar-refractivity contribution < 1.29 is 0 Å². The Kier molecular flexibility index (Phi) is 4.61. The van der Waals surface area contributed by atoms with Gasteiger partial charge in [0.25, 0.3) is 0 Å². The Morgan fingerprint density at radius 2 is 1.94 bits per heavy atom. The summed E-state index contributed by atoms with van der Waals surface area (Å²) in [5.41, 5.74) is 1.40. The standard InChI is InChI=1S/C16H25N/c1-3-14-9-10-16(13(2)11-14)17-12-15-7-5-4-6-8-15/h4-8,13-14,16-17H,3,9-12H2,1-2H3. The molecule has 1 nitrogen and oxygen atoms in total. The summed E-state index contributed by atoms with van der Waals surface area (Å²) in [5.74, 6) is 1.80. The van der Waals surface area contributed by atoms with E-state index in [0.717, 1.165) is 24.4 Å². The predicted molar refractivity (Wildman–Crippen MR) is 73.9 cm³/mol. The van der Waals surface area contributed by atoms with Crippen molar-refractivity contribution in [3.05, 3.63) is 35.9 Å². The molecule has 0 amide bonds. The number of benzene rings is 1. The molecule has 0 spiro atoms. The van der Waals surface area contributed by atoms with Crippen molar-refractivity contribution in [1.29, 1.82) is 0 Å². The zero-order valence-electron chi connectivity index (χ0n) is 11.2. The second-order valence-electron chi connectivity index (χ2n) is 5.54. The van der Waals surface area contributed by atoms with Gasteiger partial charge in [0.2, 0.25) is 0 Å². The molecule has 1 fully saturated rings. The van der Waals surface area contributed by atoms with Gasteiger partial charge < -0.3 is 5.32 Å². The maximum Gasteiger partial charge on any atom is 0.0208 e. The summed E-state index contributed by atoms with van der Waals surface area (Å²) in [6.45, 7) is 5.76. The molecular formula is C16H25N. The SMILES string of the molecule is CCC1CCC(NCc2ccccc2)C(C)C1. The van der Waals surface area contributed by atoms with Crippen LogP contribution >= 0.6 is 0 Å². The Morgan fingerprint density at radius 3 is 2.59 bits per heavy atom. The van der Waals surface area contributed by atoms with Gasteiger partial charge in [0.05, 0.1) is 0 Å². The van der Waals surface area contributed by atoms with Crippen LogP contribution in [-0.4, -0.2) is 6.04 Å². The molecule has 1 aliphatic rings. The van der Waals surface area contributed by atoms with Crippen LogP contribution in [0.25, 0.3) is 0 Å². The molecule has 0 saturated heterocycles. The highest BCUT2D eigenvalue weighted by molar-refractivity contribution is 5.14. The van der Waals surface area contributed by atoms with E-state index in [4.69, 9.17) is 0 Å². The smallest absolute Gasteiger partial charge is 0.0208 e. The third kappa shape index (κ3) is 3.57. The van der Waals surface area contributed by atoms with E-state index < -0.39 is 0 Å². The molecule has 0 radical (unpaired) electrons. The molecule has 0 aliphatic heterocycles. The summed E-state index contributed by atoms with van der Waals surface area (Å²) < 4.78 is 0. The lowest BCUT2D eigenvalue weighted by atomic mass is 9.78. The monoisotopic (exact) mass is 231 g/mol. The zero-order valence-corrected chi connectivity index (χ0v) is 11.2. The lowest BCUT2D eigenvalue weighted by Crippen LogP contribution is -2.38. The summed E-state index contributed by atoms with van der Waals surface area (Å²) >= 11 is 0. The highest BCUT2D eigenvalue weighted by Crippen LogP contribution is 2.31. The van der Waals surface area contributed by atoms with Gasteiger partial charge in [0.15, 0.2) is 0 Å². The normalized spacial score (nSPS) is 29.2. The first-order valence-corrected chi connectivity index (χ1v) is 7.07. The Hall–Kier alpha value is -0.820. The van der Waals surface area contributed by atoms with E-state index in [1.165, 1.54) is 31.2 Å². The first-order chi connectivity index (χ1) is 8.29. The number of nitrogens with one attached hydrogen (secondary N) is 1. The third-order valence-electron chi connectivity index (χ3n) is 4.27. The molecule has 3 atom stereocenters. The summed E-state index contributed by atoms with van der Waals surface area (Å²) in [7, 11) is 0. The van der Waals surface area contributed by atoms with Crippen LogP contribution in [0.15, 0.2) is 30.3 Å². The van der Waals surface area contributed by atoms with E-state index >= 15 is 0 Å². The van der Waals surface area contributed by atoms with Gasteiger partial charge in [-0.2, -0.15) is 0 Å². The quantitative estimate of drug-likeness (QED) is 0.826. The van der Waals surface area contributed by atoms with E-state index in [0.29, 0.717) is 0 Å².